The molecule has 0 amide bonds. The van der Waals surface area contributed by atoms with Gasteiger partial charge in [0.1, 0.15) is 0 Å². The standard InChI is InChI=1S/C18H22N4O2/c23-17(14-5-2-1-3-6-14)7-4-9-21-10-8-18-16(12-21)22-15(13-24-18)11-19-20-22/h1-3,5-6,11,16,18H,4,7-10,12-13H2/t16-,18+/m1/s1. The Morgan fingerprint density at radius 1 is 1.29 bits per heavy atom. The molecule has 1 fully saturated rings. The van der Waals surface area contributed by atoms with Gasteiger partial charge in [-0.05, 0) is 19.4 Å². The highest BCUT2D eigenvalue weighted by molar-refractivity contribution is 5.95. The van der Waals surface area contributed by atoms with E-state index in [1.54, 1.807) is 6.20 Å². The lowest BCUT2D eigenvalue weighted by molar-refractivity contribution is -0.0656. The van der Waals surface area contributed by atoms with Gasteiger partial charge >= 0.3 is 0 Å². The first kappa shape index (κ1) is 15.5. The lowest BCUT2D eigenvalue weighted by Crippen LogP contribution is -2.48. The first-order valence-electron chi connectivity index (χ1n) is 8.62. The van der Waals surface area contributed by atoms with Crippen molar-refractivity contribution in [1.29, 1.82) is 0 Å². The summed E-state index contributed by atoms with van der Waals surface area (Å²) in [6.45, 7) is 3.48. The number of benzene rings is 1. The molecule has 0 saturated carbocycles. The van der Waals surface area contributed by atoms with Gasteiger partial charge in [0.25, 0.3) is 0 Å². The molecule has 2 aliphatic rings. The molecule has 0 unspecified atom stereocenters. The second kappa shape index (κ2) is 6.83. The lowest BCUT2D eigenvalue weighted by atomic mass is 9.99. The maximum Gasteiger partial charge on any atom is 0.162 e. The molecule has 2 atom stereocenters. The number of ether oxygens (including phenoxy) is 1. The van der Waals surface area contributed by atoms with Gasteiger partial charge in [0.2, 0.25) is 0 Å². The molecule has 1 aromatic carbocycles. The van der Waals surface area contributed by atoms with Gasteiger partial charge in [-0.2, -0.15) is 0 Å². The number of carbonyl (C=O) groups is 1. The van der Waals surface area contributed by atoms with E-state index in [1.807, 2.05) is 35.0 Å². The summed E-state index contributed by atoms with van der Waals surface area (Å²) in [6.07, 6.45) is 4.52. The van der Waals surface area contributed by atoms with Gasteiger partial charge in [0.05, 0.1) is 30.6 Å². The number of fused-ring (bicyclic) bond motifs is 3. The molecular weight excluding hydrogens is 304 g/mol. The van der Waals surface area contributed by atoms with Crippen LogP contribution < -0.4 is 0 Å². The molecule has 2 aromatic rings. The normalized spacial score (nSPS) is 23.5. The molecule has 4 rings (SSSR count). The third-order valence-corrected chi connectivity index (χ3v) is 4.99. The van der Waals surface area contributed by atoms with Gasteiger partial charge in [-0.15, -0.1) is 5.10 Å². The minimum Gasteiger partial charge on any atom is -0.370 e. The van der Waals surface area contributed by atoms with E-state index in [-0.39, 0.29) is 17.9 Å². The van der Waals surface area contributed by atoms with Crippen molar-refractivity contribution in [2.75, 3.05) is 19.6 Å². The number of Topliss-reactive ketones (excluding diaryl/α,β-unsaturated/α-hetero) is 1. The number of likely N-dealkylation sites (tertiary alicyclic amines) is 1. The Hall–Kier alpha value is -2.05. The Morgan fingerprint density at radius 2 is 2.17 bits per heavy atom. The number of rotatable bonds is 5. The van der Waals surface area contributed by atoms with Gasteiger partial charge in [-0.1, -0.05) is 35.5 Å². The van der Waals surface area contributed by atoms with E-state index in [4.69, 9.17) is 4.74 Å². The second-order valence-electron chi connectivity index (χ2n) is 6.57. The molecule has 0 N–H and O–H groups in total. The van der Waals surface area contributed by atoms with Crippen LogP contribution in [0, 0.1) is 0 Å². The number of aromatic nitrogens is 3. The number of nitrogens with zero attached hydrogens (tertiary/aromatic N) is 4. The Bertz CT molecular complexity index is 700. The quantitative estimate of drug-likeness (QED) is 0.788. The van der Waals surface area contributed by atoms with Crippen molar-refractivity contribution in [3.63, 3.8) is 0 Å². The van der Waals surface area contributed by atoms with Gasteiger partial charge in [-0.3, -0.25) is 4.79 Å². The van der Waals surface area contributed by atoms with E-state index < -0.39 is 0 Å². The van der Waals surface area contributed by atoms with E-state index in [1.165, 1.54) is 0 Å². The van der Waals surface area contributed by atoms with E-state index in [0.29, 0.717) is 13.0 Å². The minimum absolute atomic E-state index is 0.227. The van der Waals surface area contributed by atoms with Crippen LogP contribution in [0.1, 0.15) is 41.4 Å². The van der Waals surface area contributed by atoms with Crippen molar-refractivity contribution in [3.05, 3.63) is 47.8 Å². The molecule has 2 aliphatic heterocycles. The van der Waals surface area contributed by atoms with Crippen LogP contribution in [0.3, 0.4) is 0 Å². The van der Waals surface area contributed by atoms with Crippen LogP contribution in [-0.4, -0.2) is 51.4 Å². The fourth-order valence-corrected chi connectivity index (χ4v) is 3.68. The third kappa shape index (κ3) is 3.12. The van der Waals surface area contributed by atoms with Crippen molar-refractivity contribution in [2.24, 2.45) is 0 Å². The summed E-state index contributed by atoms with van der Waals surface area (Å²) < 4.78 is 7.96. The first-order chi connectivity index (χ1) is 11.8. The van der Waals surface area contributed by atoms with Crippen LogP contribution in [0.2, 0.25) is 0 Å². The summed E-state index contributed by atoms with van der Waals surface area (Å²) in [5.74, 6) is 0.227. The average Bonchev–Trinajstić information content (AvgIpc) is 3.11. The van der Waals surface area contributed by atoms with Gasteiger partial charge in [-0.25, -0.2) is 4.68 Å². The molecule has 0 radical (unpaired) electrons. The Labute approximate surface area is 141 Å². The van der Waals surface area contributed by atoms with Gasteiger partial charge in [0.15, 0.2) is 5.78 Å². The molecule has 24 heavy (non-hydrogen) atoms. The molecule has 3 heterocycles. The van der Waals surface area contributed by atoms with Gasteiger partial charge in [0, 0.05) is 25.1 Å². The maximum atomic E-state index is 12.2. The Morgan fingerprint density at radius 3 is 3.04 bits per heavy atom. The number of carbonyl (C=O) groups excluding carboxylic acids is 1. The fraction of sp³-hybridized carbons (Fsp3) is 0.500. The third-order valence-electron chi connectivity index (χ3n) is 4.99. The van der Waals surface area contributed by atoms with E-state index in [9.17, 15) is 4.79 Å². The monoisotopic (exact) mass is 326 g/mol. The van der Waals surface area contributed by atoms with Crippen LogP contribution in [0.5, 0.6) is 0 Å². The summed E-state index contributed by atoms with van der Waals surface area (Å²) in [7, 11) is 0. The largest absolute Gasteiger partial charge is 0.370 e. The predicted octanol–water partition coefficient (Wildman–Crippen LogP) is 2.09. The summed E-state index contributed by atoms with van der Waals surface area (Å²) >= 11 is 0. The van der Waals surface area contributed by atoms with E-state index >= 15 is 0 Å². The predicted molar refractivity (Wildman–Crippen MR) is 88.7 cm³/mol. The molecule has 0 spiro atoms. The van der Waals surface area contributed by atoms with Crippen LogP contribution in [0.25, 0.3) is 0 Å². The summed E-state index contributed by atoms with van der Waals surface area (Å²) in [5.41, 5.74) is 1.86. The summed E-state index contributed by atoms with van der Waals surface area (Å²) in [5, 5.41) is 8.24. The van der Waals surface area contributed by atoms with Crippen molar-refractivity contribution in [1.82, 2.24) is 19.9 Å². The number of hydrogen-bond donors (Lipinski definition) is 0. The number of hydrogen-bond acceptors (Lipinski definition) is 5. The lowest BCUT2D eigenvalue weighted by Gasteiger charge is -2.41. The molecule has 1 aromatic heterocycles. The van der Waals surface area contributed by atoms with Crippen LogP contribution in [-0.2, 0) is 11.3 Å². The zero-order chi connectivity index (χ0) is 16.4. The Balaban J connectivity index is 1.30. The second-order valence-corrected chi connectivity index (χ2v) is 6.57. The number of piperidine rings is 1. The fourth-order valence-electron chi connectivity index (χ4n) is 3.68. The van der Waals surface area contributed by atoms with E-state index in [2.05, 4.69) is 15.2 Å². The van der Waals surface area contributed by atoms with Gasteiger partial charge < -0.3 is 9.64 Å². The molecular formula is C18H22N4O2. The maximum absolute atomic E-state index is 12.2. The highest BCUT2D eigenvalue weighted by Gasteiger charge is 2.36. The zero-order valence-electron chi connectivity index (χ0n) is 13.7. The minimum atomic E-state index is 0.227. The van der Waals surface area contributed by atoms with Crippen LogP contribution in [0.15, 0.2) is 36.5 Å². The molecule has 0 bridgehead atoms. The Kier molecular flexibility index (Phi) is 4.40. The highest BCUT2D eigenvalue weighted by atomic mass is 16.5. The molecule has 1 saturated heterocycles. The number of ketones is 1. The summed E-state index contributed by atoms with van der Waals surface area (Å²) in [6, 6.07) is 9.78. The van der Waals surface area contributed by atoms with Crippen LogP contribution >= 0.6 is 0 Å². The van der Waals surface area contributed by atoms with Crippen molar-refractivity contribution < 1.29 is 9.53 Å². The zero-order valence-corrected chi connectivity index (χ0v) is 13.7. The molecule has 6 heteroatoms. The van der Waals surface area contributed by atoms with Crippen molar-refractivity contribution in [3.8, 4) is 0 Å². The topological polar surface area (TPSA) is 60.3 Å². The highest BCUT2D eigenvalue weighted by Crippen LogP contribution is 2.30. The van der Waals surface area contributed by atoms with E-state index in [0.717, 1.165) is 43.7 Å². The smallest absolute Gasteiger partial charge is 0.162 e. The molecule has 126 valence electrons. The molecule has 6 nitrogen and oxygen atoms in total. The first-order valence-corrected chi connectivity index (χ1v) is 8.62. The molecule has 0 aliphatic carbocycles. The summed E-state index contributed by atoms with van der Waals surface area (Å²) in [4.78, 5) is 14.6. The average molecular weight is 326 g/mol. The SMILES string of the molecule is O=C(CCCN1CC[C@@H]2OCc3cnnn3[C@@H]2C1)c1ccccc1. The van der Waals surface area contributed by atoms with Crippen LogP contribution in [0.4, 0.5) is 0 Å². The van der Waals surface area contributed by atoms with Crippen molar-refractivity contribution >= 4 is 5.78 Å². The van der Waals surface area contributed by atoms with Crippen molar-refractivity contribution in [2.45, 2.75) is 38.0 Å².